The van der Waals surface area contributed by atoms with Gasteiger partial charge in [-0.25, -0.2) is 0 Å². The monoisotopic (exact) mass is 223 g/mol. The van der Waals surface area contributed by atoms with Crippen LogP contribution in [0.5, 0.6) is 0 Å². The molecule has 0 bridgehead atoms. The third-order valence-corrected chi connectivity index (χ3v) is 3.41. The fraction of sp³-hybridized carbons (Fsp3) is 0.750. The van der Waals surface area contributed by atoms with Gasteiger partial charge in [0.15, 0.2) is 0 Å². The Hall–Kier alpha value is -0.870. The molecule has 1 saturated carbocycles. The van der Waals surface area contributed by atoms with Crippen LogP contribution in [-0.2, 0) is 6.54 Å². The molecule has 4 heteroatoms. The summed E-state index contributed by atoms with van der Waals surface area (Å²) in [7, 11) is 2.10. The van der Waals surface area contributed by atoms with E-state index in [0.717, 1.165) is 31.6 Å². The summed E-state index contributed by atoms with van der Waals surface area (Å²) in [5.74, 6) is 0.446. The van der Waals surface area contributed by atoms with Gasteiger partial charge in [-0.05, 0) is 31.9 Å². The number of aromatic amines is 1. The lowest BCUT2D eigenvalue weighted by atomic mass is 9.86. The fourth-order valence-electron chi connectivity index (χ4n) is 2.53. The molecule has 90 valence electrons. The van der Waals surface area contributed by atoms with Gasteiger partial charge in [0, 0.05) is 25.0 Å². The Bertz CT molecular complexity index is 299. The van der Waals surface area contributed by atoms with E-state index in [4.69, 9.17) is 0 Å². The number of H-pyrrole nitrogens is 1. The summed E-state index contributed by atoms with van der Waals surface area (Å²) in [5, 5.41) is 16.8. The predicted molar refractivity (Wildman–Crippen MR) is 62.9 cm³/mol. The lowest BCUT2D eigenvalue weighted by Gasteiger charge is -2.31. The van der Waals surface area contributed by atoms with Crippen LogP contribution in [-0.4, -0.2) is 39.9 Å². The van der Waals surface area contributed by atoms with Gasteiger partial charge in [0.05, 0.1) is 6.10 Å². The summed E-state index contributed by atoms with van der Waals surface area (Å²) < 4.78 is 0. The maximum atomic E-state index is 9.90. The van der Waals surface area contributed by atoms with Gasteiger partial charge < -0.3 is 10.0 Å². The first kappa shape index (κ1) is 11.6. The highest BCUT2D eigenvalue weighted by Crippen LogP contribution is 2.25. The maximum absolute atomic E-state index is 9.90. The van der Waals surface area contributed by atoms with Crippen LogP contribution in [0.25, 0.3) is 0 Å². The number of hydrogen-bond acceptors (Lipinski definition) is 3. The van der Waals surface area contributed by atoms with Crippen molar-refractivity contribution in [1.82, 2.24) is 15.1 Å². The van der Waals surface area contributed by atoms with Gasteiger partial charge in [-0.15, -0.1) is 0 Å². The molecule has 2 N–H and O–H groups in total. The van der Waals surface area contributed by atoms with Crippen LogP contribution in [0.15, 0.2) is 12.3 Å². The Morgan fingerprint density at radius 2 is 2.31 bits per heavy atom. The van der Waals surface area contributed by atoms with Crippen molar-refractivity contribution in [3.05, 3.63) is 18.0 Å². The Morgan fingerprint density at radius 3 is 3.00 bits per heavy atom. The van der Waals surface area contributed by atoms with Gasteiger partial charge in [-0.2, -0.15) is 5.10 Å². The minimum atomic E-state index is -0.0991. The number of hydrogen-bond donors (Lipinski definition) is 2. The molecule has 16 heavy (non-hydrogen) atoms. The zero-order valence-corrected chi connectivity index (χ0v) is 9.89. The number of rotatable bonds is 4. The Morgan fingerprint density at radius 1 is 1.50 bits per heavy atom. The topological polar surface area (TPSA) is 52.2 Å². The van der Waals surface area contributed by atoms with Crippen molar-refractivity contribution in [1.29, 1.82) is 0 Å². The van der Waals surface area contributed by atoms with E-state index < -0.39 is 0 Å². The van der Waals surface area contributed by atoms with Crippen molar-refractivity contribution in [3.8, 4) is 0 Å². The average Bonchev–Trinajstić information content (AvgIpc) is 2.74. The second-order valence-electron chi connectivity index (χ2n) is 4.89. The van der Waals surface area contributed by atoms with E-state index >= 15 is 0 Å². The van der Waals surface area contributed by atoms with E-state index in [1.165, 1.54) is 12.8 Å². The highest BCUT2D eigenvalue weighted by Gasteiger charge is 2.23. The maximum Gasteiger partial charge on any atom is 0.0580 e. The minimum absolute atomic E-state index is 0.0991. The summed E-state index contributed by atoms with van der Waals surface area (Å²) in [6.07, 6.45) is 6.26. The molecule has 0 spiro atoms. The van der Waals surface area contributed by atoms with Crippen molar-refractivity contribution in [2.45, 2.75) is 38.3 Å². The van der Waals surface area contributed by atoms with Crippen molar-refractivity contribution in [3.63, 3.8) is 0 Å². The number of aromatic nitrogens is 2. The molecule has 1 aromatic rings. The first-order chi connectivity index (χ1) is 7.75. The van der Waals surface area contributed by atoms with Crippen LogP contribution >= 0.6 is 0 Å². The molecule has 0 aliphatic heterocycles. The van der Waals surface area contributed by atoms with E-state index in [1.807, 2.05) is 6.07 Å². The quantitative estimate of drug-likeness (QED) is 0.811. The van der Waals surface area contributed by atoms with Gasteiger partial charge in [0.1, 0.15) is 0 Å². The predicted octanol–water partition coefficient (Wildman–Crippen LogP) is 1.39. The summed E-state index contributed by atoms with van der Waals surface area (Å²) in [6.45, 7) is 1.85. The second-order valence-corrected chi connectivity index (χ2v) is 4.89. The molecule has 1 aliphatic carbocycles. The molecule has 0 radical (unpaired) electrons. The molecule has 0 aromatic carbocycles. The SMILES string of the molecule is CN(Cc1ccn[nH]1)CC1CCCCC1O. The number of aliphatic hydroxyl groups excluding tert-OH is 1. The Labute approximate surface area is 96.7 Å². The van der Waals surface area contributed by atoms with Crippen molar-refractivity contribution >= 4 is 0 Å². The van der Waals surface area contributed by atoms with E-state index in [1.54, 1.807) is 6.20 Å². The van der Waals surface area contributed by atoms with Crippen molar-refractivity contribution in [2.75, 3.05) is 13.6 Å². The average molecular weight is 223 g/mol. The summed E-state index contributed by atoms with van der Waals surface area (Å²) in [6, 6.07) is 1.99. The standard InChI is InChI=1S/C12H21N3O/c1-15(9-11-6-7-13-14-11)8-10-4-2-3-5-12(10)16/h6-7,10,12,16H,2-5,8-9H2,1H3,(H,13,14). The highest BCUT2D eigenvalue weighted by molar-refractivity contribution is 4.96. The molecule has 1 aromatic heterocycles. The molecule has 1 aliphatic rings. The number of nitrogens with zero attached hydrogens (tertiary/aromatic N) is 2. The zero-order valence-electron chi connectivity index (χ0n) is 9.89. The molecule has 4 nitrogen and oxygen atoms in total. The smallest absolute Gasteiger partial charge is 0.0580 e. The van der Waals surface area contributed by atoms with E-state index in [2.05, 4.69) is 22.1 Å². The van der Waals surface area contributed by atoms with Crippen LogP contribution < -0.4 is 0 Å². The molecular formula is C12H21N3O. The molecule has 1 fully saturated rings. The third kappa shape index (κ3) is 3.06. The Kier molecular flexibility index (Phi) is 3.96. The molecular weight excluding hydrogens is 202 g/mol. The number of aliphatic hydroxyl groups is 1. The molecule has 1 heterocycles. The summed E-state index contributed by atoms with van der Waals surface area (Å²) in [5.41, 5.74) is 1.13. The fourth-order valence-corrected chi connectivity index (χ4v) is 2.53. The normalized spacial score (nSPS) is 26.2. The van der Waals surface area contributed by atoms with Gasteiger partial charge in [-0.1, -0.05) is 12.8 Å². The van der Waals surface area contributed by atoms with Crippen LogP contribution in [0.3, 0.4) is 0 Å². The largest absolute Gasteiger partial charge is 0.393 e. The molecule has 0 saturated heterocycles. The van der Waals surface area contributed by atoms with Gasteiger partial charge in [0.25, 0.3) is 0 Å². The van der Waals surface area contributed by atoms with Crippen LogP contribution in [0, 0.1) is 5.92 Å². The number of nitrogens with one attached hydrogen (secondary N) is 1. The Balaban J connectivity index is 1.79. The van der Waals surface area contributed by atoms with Crippen LogP contribution in [0.1, 0.15) is 31.4 Å². The summed E-state index contributed by atoms with van der Waals surface area (Å²) in [4.78, 5) is 2.26. The van der Waals surface area contributed by atoms with Crippen molar-refractivity contribution in [2.24, 2.45) is 5.92 Å². The van der Waals surface area contributed by atoms with Crippen LogP contribution in [0.2, 0.25) is 0 Å². The van der Waals surface area contributed by atoms with E-state index in [-0.39, 0.29) is 6.10 Å². The third-order valence-electron chi connectivity index (χ3n) is 3.41. The molecule has 2 rings (SSSR count). The van der Waals surface area contributed by atoms with Gasteiger partial charge in [0.2, 0.25) is 0 Å². The lowest BCUT2D eigenvalue weighted by molar-refractivity contribution is 0.0500. The van der Waals surface area contributed by atoms with Crippen molar-refractivity contribution < 1.29 is 5.11 Å². The van der Waals surface area contributed by atoms with Gasteiger partial charge in [-0.3, -0.25) is 5.10 Å². The highest BCUT2D eigenvalue weighted by atomic mass is 16.3. The molecule has 2 atom stereocenters. The van der Waals surface area contributed by atoms with Crippen LogP contribution in [0.4, 0.5) is 0 Å². The van der Waals surface area contributed by atoms with E-state index in [0.29, 0.717) is 5.92 Å². The zero-order chi connectivity index (χ0) is 11.4. The second kappa shape index (κ2) is 5.46. The van der Waals surface area contributed by atoms with Gasteiger partial charge >= 0.3 is 0 Å². The minimum Gasteiger partial charge on any atom is -0.393 e. The first-order valence-electron chi connectivity index (χ1n) is 6.10. The summed E-state index contributed by atoms with van der Waals surface area (Å²) >= 11 is 0. The first-order valence-corrected chi connectivity index (χ1v) is 6.10. The lowest BCUT2D eigenvalue weighted by Crippen LogP contribution is -2.34. The molecule has 0 amide bonds. The van der Waals surface area contributed by atoms with E-state index in [9.17, 15) is 5.11 Å². The molecule has 2 unspecified atom stereocenters.